The molecule has 3 heteroatoms. The van der Waals surface area contributed by atoms with Crippen molar-refractivity contribution in [2.75, 3.05) is 27.2 Å². The number of nitrogens with zero attached hydrogens (tertiary/aromatic N) is 3. The van der Waals surface area contributed by atoms with Crippen molar-refractivity contribution in [3.05, 3.63) is 54.4 Å². The maximum absolute atomic E-state index is 4.18. The van der Waals surface area contributed by atoms with Crippen LogP contribution in [0.3, 0.4) is 0 Å². The summed E-state index contributed by atoms with van der Waals surface area (Å²) in [4.78, 5) is 9.06. The normalized spacial score (nSPS) is 19.3. The van der Waals surface area contributed by atoms with Crippen LogP contribution in [-0.2, 0) is 6.54 Å². The highest BCUT2D eigenvalue weighted by Gasteiger charge is 2.23. The fourth-order valence-corrected chi connectivity index (χ4v) is 2.97. The van der Waals surface area contributed by atoms with Crippen molar-refractivity contribution in [2.24, 2.45) is 0 Å². The van der Waals surface area contributed by atoms with Crippen LogP contribution in [0.2, 0.25) is 0 Å². The Morgan fingerprint density at radius 3 is 2.57 bits per heavy atom. The molecule has 2 heterocycles. The van der Waals surface area contributed by atoms with Crippen molar-refractivity contribution in [2.45, 2.75) is 19.0 Å². The molecular weight excluding hydrogens is 258 g/mol. The van der Waals surface area contributed by atoms with Gasteiger partial charge in [-0.05, 0) is 43.3 Å². The molecule has 0 saturated carbocycles. The first-order valence-electron chi connectivity index (χ1n) is 7.60. The molecule has 1 aliphatic heterocycles. The Morgan fingerprint density at radius 2 is 1.95 bits per heavy atom. The van der Waals surface area contributed by atoms with Crippen LogP contribution in [0, 0.1) is 0 Å². The van der Waals surface area contributed by atoms with E-state index in [4.69, 9.17) is 0 Å². The zero-order valence-electron chi connectivity index (χ0n) is 12.9. The van der Waals surface area contributed by atoms with E-state index in [9.17, 15) is 0 Å². The lowest BCUT2D eigenvalue weighted by atomic mass is 10.1. The second kappa shape index (κ2) is 6.37. The lowest BCUT2D eigenvalue weighted by Gasteiger charge is -2.20. The minimum Gasteiger partial charge on any atom is -0.305 e. The molecule has 3 rings (SSSR count). The summed E-state index contributed by atoms with van der Waals surface area (Å²) >= 11 is 0. The Hall–Kier alpha value is -1.71. The molecule has 21 heavy (non-hydrogen) atoms. The predicted molar refractivity (Wildman–Crippen MR) is 87.0 cm³/mol. The van der Waals surface area contributed by atoms with Gasteiger partial charge in [0.25, 0.3) is 0 Å². The maximum atomic E-state index is 4.18. The van der Waals surface area contributed by atoms with Gasteiger partial charge in [-0.3, -0.25) is 9.88 Å². The summed E-state index contributed by atoms with van der Waals surface area (Å²) < 4.78 is 0. The van der Waals surface area contributed by atoms with Gasteiger partial charge in [0.05, 0.1) is 0 Å². The molecule has 0 radical (unpaired) electrons. The number of hydrogen-bond donors (Lipinski definition) is 0. The highest BCUT2D eigenvalue weighted by atomic mass is 15.2. The third kappa shape index (κ3) is 3.49. The Bertz CT molecular complexity index is 563. The molecule has 0 spiro atoms. The van der Waals surface area contributed by atoms with Crippen LogP contribution in [0.5, 0.6) is 0 Å². The molecule has 1 unspecified atom stereocenters. The van der Waals surface area contributed by atoms with E-state index in [1.54, 1.807) is 0 Å². The fourth-order valence-electron chi connectivity index (χ4n) is 2.97. The Morgan fingerprint density at radius 1 is 1.14 bits per heavy atom. The van der Waals surface area contributed by atoms with Gasteiger partial charge in [-0.25, -0.2) is 0 Å². The molecule has 0 amide bonds. The molecule has 2 aromatic rings. The lowest BCUT2D eigenvalue weighted by molar-refractivity contribution is 0.264. The molecule has 1 saturated heterocycles. The summed E-state index contributed by atoms with van der Waals surface area (Å²) in [6.45, 7) is 3.43. The van der Waals surface area contributed by atoms with Crippen molar-refractivity contribution in [1.29, 1.82) is 0 Å². The van der Waals surface area contributed by atoms with Gasteiger partial charge in [-0.15, -0.1) is 0 Å². The summed E-state index contributed by atoms with van der Waals surface area (Å²) in [6, 6.07) is 13.7. The third-order valence-electron chi connectivity index (χ3n) is 4.33. The first kappa shape index (κ1) is 14.2. The predicted octanol–water partition coefficient (Wildman–Crippen LogP) is 2.88. The third-order valence-corrected chi connectivity index (χ3v) is 4.33. The van der Waals surface area contributed by atoms with Gasteiger partial charge in [-0.2, -0.15) is 0 Å². The van der Waals surface area contributed by atoms with Gasteiger partial charge < -0.3 is 4.90 Å². The van der Waals surface area contributed by atoms with Gasteiger partial charge in [0, 0.05) is 38.1 Å². The molecule has 0 aliphatic carbocycles. The Labute approximate surface area is 127 Å². The first-order chi connectivity index (χ1) is 10.2. The minimum atomic E-state index is 0.708. The van der Waals surface area contributed by atoms with E-state index in [-0.39, 0.29) is 0 Å². The van der Waals surface area contributed by atoms with Crippen molar-refractivity contribution < 1.29 is 0 Å². The number of pyridine rings is 1. The second-order valence-electron chi connectivity index (χ2n) is 6.08. The molecule has 110 valence electrons. The van der Waals surface area contributed by atoms with E-state index in [0.717, 1.165) is 6.54 Å². The van der Waals surface area contributed by atoms with Crippen molar-refractivity contribution in [3.63, 3.8) is 0 Å². The first-order valence-corrected chi connectivity index (χ1v) is 7.60. The van der Waals surface area contributed by atoms with Crippen LogP contribution in [0.4, 0.5) is 0 Å². The van der Waals surface area contributed by atoms with Crippen molar-refractivity contribution in [3.8, 4) is 11.1 Å². The van der Waals surface area contributed by atoms with E-state index < -0.39 is 0 Å². The Kier molecular flexibility index (Phi) is 4.32. The van der Waals surface area contributed by atoms with Crippen LogP contribution < -0.4 is 0 Å². The van der Waals surface area contributed by atoms with Gasteiger partial charge in [0.1, 0.15) is 0 Å². The van der Waals surface area contributed by atoms with Gasteiger partial charge in [0.2, 0.25) is 0 Å². The number of aromatic nitrogens is 1. The van der Waals surface area contributed by atoms with Crippen LogP contribution in [0.25, 0.3) is 11.1 Å². The Balaban J connectivity index is 1.63. The molecule has 1 atom stereocenters. The van der Waals surface area contributed by atoms with Crippen LogP contribution >= 0.6 is 0 Å². The fraction of sp³-hybridized carbons (Fsp3) is 0.389. The van der Waals surface area contributed by atoms with Gasteiger partial charge in [-0.1, -0.05) is 30.3 Å². The zero-order chi connectivity index (χ0) is 14.7. The average molecular weight is 281 g/mol. The van der Waals surface area contributed by atoms with E-state index in [2.05, 4.69) is 59.2 Å². The smallest absolute Gasteiger partial charge is 0.0346 e. The summed E-state index contributed by atoms with van der Waals surface area (Å²) in [5.41, 5.74) is 3.80. The summed E-state index contributed by atoms with van der Waals surface area (Å²) in [5.74, 6) is 0. The molecular formula is C18H23N3. The standard InChI is InChI=1S/C18H23N3/c1-20(2)18-9-11-21(14-18)13-15-5-7-16(8-6-15)17-4-3-10-19-12-17/h3-8,10,12,18H,9,11,13-14H2,1-2H3. The zero-order valence-corrected chi connectivity index (χ0v) is 12.9. The van der Waals surface area contributed by atoms with Crippen LogP contribution in [0.1, 0.15) is 12.0 Å². The van der Waals surface area contributed by atoms with Crippen molar-refractivity contribution >= 4 is 0 Å². The monoisotopic (exact) mass is 281 g/mol. The van der Waals surface area contributed by atoms with Gasteiger partial charge >= 0.3 is 0 Å². The molecule has 1 aromatic carbocycles. The maximum Gasteiger partial charge on any atom is 0.0346 e. The minimum absolute atomic E-state index is 0.708. The molecule has 1 aromatic heterocycles. The number of likely N-dealkylation sites (tertiary alicyclic amines) is 1. The number of benzene rings is 1. The SMILES string of the molecule is CN(C)C1CCN(Cc2ccc(-c3cccnc3)cc2)C1. The lowest BCUT2D eigenvalue weighted by Crippen LogP contribution is -2.31. The quantitative estimate of drug-likeness (QED) is 0.859. The number of rotatable bonds is 4. The second-order valence-corrected chi connectivity index (χ2v) is 6.08. The van der Waals surface area contributed by atoms with E-state index in [0.29, 0.717) is 6.04 Å². The van der Waals surface area contributed by atoms with Crippen LogP contribution in [-0.4, -0.2) is 48.0 Å². The molecule has 1 aliphatic rings. The molecule has 0 N–H and O–H groups in total. The highest BCUT2D eigenvalue weighted by molar-refractivity contribution is 5.62. The molecule has 1 fully saturated rings. The van der Waals surface area contributed by atoms with Crippen LogP contribution in [0.15, 0.2) is 48.8 Å². The topological polar surface area (TPSA) is 19.4 Å². The largest absolute Gasteiger partial charge is 0.305 e. The highest BCUT2D eigenvalue weighted by Crippen LogP contribution is 2.20. The van der Waals surface area contributed by atoms with E-state index in [1.165, 1.54) is 36.2 Å². The van der Waals surface area contributed by atoms with E-state index in [1.807, 2.05) is 18.5 Å². The molecule has 0 bridgehead atoms. The number of hydrogen-bond acceptors (Lipinski definition) is 3. The average Bonchev–Trinajstić information content (AvgIpc) is 2.98. The van der Waals surface area contributed by atoms with E-state index >= 15 is 0 Å². The van der Waals surface area contributed by atoms with Crippen molar-refractivity contribution in [1.82, 2.24) is 14.8 Å². The molecule has 3 nitrogen and oxygen atoms in total. The summed E-state index contributed by atoms with van der Waals surface area (Å²) in [5, 5.41) is 0. The van der Waals surface area contributed by atoms with Gasteiger partial charge in [0.15, 0.2) is 0 Å². The number of likely N-dealkylation sites (N-methyl/N-ethyl adjacent to an activating group) is 1. The summed E-state index contributed by atoms with van der Waals surface area (Å²) in [6.07, 6.45) is 5.00. The summed E-state index contributed by atoms with van der Waals surface area (Å²) in [7, 11) is 4.35.